The number of carbonyl (C=O) groups is 2. The van der Waals surface area contributed by atoms with Gasteiger partial charge in [0.2, 0.25) is 11.8 Å². The van der Waals surface area contributed by atoms with Crippen LogP contribution in [-0.4, -0.2) is 60.4 Å². The van der Waals surface area contributed by atoms with Crippen molar-refractivity contribution in [1.82, 2.24) is 15.1 Å². The molecule has 2 heterocycles. The molecule has 1 atom stereocenters. The topological polar surface area (TPSA) is 52.7 Å². The molecule has 1 N–H and O–H groups in total. The second kappa shape index (κ2) is 6.89. The van der Waals surface area contributed by atoms with Gasteiger partial charge in [-0.25, -0.2) is 0 Å². The van der Waals surface area contributed by atoms with Gasteiger partial charge in [0.25, 0.3) is 0 Å². The third-order valence-electron chi connectivity index (χ3n) is 4.02. The van der Waals surface area contributed by atoms with Gasteiger partial charge in [-0.1, -0.05) is 12.8 Å². The summed E-state index contributed by atoms with van der Waals surface area (Å²) >= 11 is 0. The zero-order chi connectivity index (χ0) is 13.7. The monoisotopic (exact) mass is 267 g/mol. The van der Waals surface area contributed by atoms with E-state index in [-0.39, 0.29) is 24.4 Å². The van der Waals surface area contributed by atoms with Gasteiger partial charge in [0, 0.05) is 19.6 Å². The summed E-state index contributed by atoms with van der Waals surface area (Å²) in [6, 6.07) is -0.167. The van der Waals surface area contributed by atoms with Crippen LogP contribution in [0.25, 0.3) is 0 Å². The van der Waals surface area contributed by atoms with Crippen LogP contribution in [-0.2, 0) is 9.59 Å². The Labute approximate surface area is 115 Å². The van der Waals surface area contributed by atoms with Crippen LogP contribution < -0.4 is 5.32 Å². The highest BCUT2D eigenvalue weighted by atomic mass is 16.2. The summed E-state index contributed by atoms with van der Waals surface area (Å²) in [6.45, 7) is 5.38. The summed E-state index contributed by atoms with van der Waals surface area (Å²) in [5.74, 6) is 0.171. The molecule has 2 rings (SSSR count). The van der Waals surface area contributed by atoms with E-state index in [1.54, 1.807) is 4.90 Å². The summed E-state index contributed by atoms with van der Waals surface area (Å²) in [6.07, 6.45) is 5.54. The van der Waals surface area contributed by atoms with Crippen LogP contribution in [0.2, 0.25) is 0 Å². The molecule has 0 spiro atoms. The van der Waals surface area contributed by atoms with Crippen molar-refractivity contribution < 1.29 is 9.59 Å². The highest BCUT2D eigenvalue weighted by Gasteiger charge is 2.26. The van der Waals surface area contributed by atoms with E-state index in [0.717, 1.165) is 38.9 Å². The average Bonchev–Trinajstić information content (AvgIpc) is 2.75. The fourth-order valence-corrected chi connectivity index (χ4v) is 2.80. The molecule has 0 aromatic heterocycles. The Kier molecular flexibility index (Phi) is 5.19. The molecule has 0 saturated carbocycles. The molecule has 2 aliphatic rings. The summed E-state index contributed by atoms with van der Waals surface area (Å²) in [5.41, 5.74) is 0. The lowest BCUT2D eigenvalue weighted by atomic mass is 10.2. The van der Waals surface area contributed by atoms with Gasteiger partial charge in [0.05, 0.1) is 12.6 Å². The van der Waals surface area contributed by atoms with Crippen LogP contribution in [0.3, 0.4) is 0 Å². The molecule has 0 bridgehead atoms. The smallest absolute Gasteiger partial charge is 0.242 e. The van der Waals surface area contributed by atoms with Crippen molar-refractivity contribution in [3.8, 4) is 0 Å². The van der Waals surface area contributed by atoms with Crippen LogP contribution in [0.4, 0.5) is 0 Å². The molecular weight excluding hydrogens is 242 g/mol. The molecule has 0 aliphatic carbocycles. The first kappa shape index (κ1) is 14.3. The van der Waals surface area contributed by atoms with Crippen LogP contribution in [0.1, 0.15) is 39.0 Å². The summed E-state index contributed by atoms with van der Waals surface area (Å²) in [5, 5.41) is 3.17. The second-order valence-corrected chi connectivity index (χ2v) is 5.58. The molecule has 5 nitrogen and oxygen atoms in total. The number of likely N-dealkylation sites (tertiary alicyclic amines) is 1. The number of amides is 2. The number of hydrogen-bond acceptors (Lipinski definition) is 3. The average molecular weight is 267 g/mol. The molecule has 2 fully saturated rings. The molecule has 0 aromatic rings. The van der Waals surface area contributed by atoms with E-state index < -0.39 is 0 Å². The minimum Gasteiger partial charge on any atom is -0.341 e. The van der Waals surface area contributed by atoms with Gasteiger partial charge in [-0.2, -0.15) is 0 Å². The maximum atomic E-state index is 12.3. The number of carbonyl (C=O) groups excluding carboxylic acids is 2. The fourth-order valence-electron chi connectivity index (χ4n) is 2.80. The van der Waals surface area contributed by atoms with Crippen LogP contribution >= 0.6 is 0 Å². The predicted octanol–water partition coefficient (Wildman–Crippen LogP) is 0.599. The molecule has 5 heteroatoms. The van der Waals surface area contributed by atoms with Gasteiger partial charge in [-0.05, 0) is 32.7 Å². The number of nitrogens with zero attached hydrogens (tertiary/aromatic N) is 2. The minimum atomic E-state index is -0.167. The number of hydrogen-bond donors (Lipinski definition) is 1. The Bertz CT molecular complexity index is 325. The molecule has 0 aromatic carbocycles. The Balaban J connectivity index is 1.90. The van der Waals surface area contributed by atoms with E-state index >= 15 is 0 Å². The standard InChI is InChI=1S/C14H25N3O2/c1-12-14(19)17(10-6-7-15-12)11-13(18)16-8-4-2-3-5-9-16/h12,15H,2-11H2,1H3. The van der Waals surface area contributed by atoms with Crippen molar-refractivity contribution in [1.29, 1.82) is 0 Å². The van der Waals surface area contributed by atoms with Gasteiger partial charge in [0.1, 0.15) is 0 Å². The summed E-state index contributed by atoms with van der Waals surface area (Å²) in [7, 11) is 0. The highest BCUT2D eigenvalue weighted by Crippen LogP contribution is 2.11. The predicted molar refractivity (Wildman–Crippen MR) is 73.7 cm³/mol. The van der Waals surface area contributed by atoms with E-state index in [9.17, 15) is 9.59 Å². The summed E-state index contributed by atoms with van der Waals surface area (Å²) < 4.78 is 0. The van der Waals surface area contributed by atoms with E-state index in [2.05, 4.69) is 5.32 Å². The van der Waals surface area contributed by atoms with E-state index in [0.29, 0.717) is 6.54 Å². The van der Waals surface area contributed by atoms with Crippen LogP contribution in [0.5, 0.6) is 0 Å². The van der Waals surface area contributed by atoms with Crippen LogP contribution in [0, 0.1) is 0 Å². The first-order valence-corrected chi connectivity index (χ1v) is 7.48. The lowest BCUT2D eigenvalue weighted by Gasteiger charge is -2.26. The maximum absolute atomic E-state index is 12.3. The zero-order valence-electron chi connectivity index (χ0n) is 11.9. The Hall–Kier alpha value is -1.10. The molecule has 2 saturated heterocycles. The first-order chi connectivity index (χ1) is 9.18. The molecular formula is C14H25N3O2. The van der Waals surface area contributed by atoms with E-state index in [1.807, 2.05) is 11.8 Å². The molecule has 0 radical (unpaired) electrons. The van der Waals surface area contributed by atoms with Gasteiger partial charge in [-0.15, -0.1) is 0 Å². The molecule has 19 heavy (non-hydrogen) atoms. The fraction of sp³-hybridized carbons (Fsp3) is 0.857. The number of rotatable bonds is 2. The Morgan fingerprint density at radius 1 is 1.16 bits per heavy atom. The Morgan fingerprint density at radius 2 is 1.84 bits per heavy atom. The van der Waals surface area contributed by atoms with Crippen molar-refractivity contribution in [3.05, 3.63) is 0 Å². The first-order valence-electron chi connectivity index (χ1n) is 7.48. The quantitative estimate of drug-likeness (QED) is 0.797. The molecule has 108 valence electrons. The van der Waals surface area contributed by atoms with E-state index in [1.165, 1.54) is 12.8 Å². The van der Waals surface area contributed by atoms with Gasteiger partial charge in [-0.3, -0.25) is 9.59 Å². The van der Waals surface area contributed by atoms with Crippen molar-refractivity contribution in [2.75, 3.05) is 32.7 Å². The number of nitrogens with one attached hydrogen (secondary N) is 1. The highest BCUT2D eigenvalue weighted by molar-refractivity contribution is 5.87. The van der Waals surface area contributed by atoms with Crippen molar-refractivity contribution >= 4 is 11.8 Å². The second-order valence-electron chi connectivity index (χ2n) is 5.58. The SMILES string of the molecule is CC1NCCCN(CC(=O)N2CCCCCC2)C1=O. The van der Waals surface area contributed by atoms with Gasteiger partial charge in [0.15, 0.2) is 0 Å². The molecule has 2 amide bonds. The largest absolute Gasteiger partial charge is 0.341 e. The van der Waals surface area contributed by atoms with Gasteiger partial charge >= 0.3 is 0 Å². The zero-order valence-corrected chi connectivity index (χ0v) is 11.9. The minimum absolute atomic E-state index is 0.0562. The lowest BCUT2D eigenvalue weighted by molar-refractivity contribution is -0.140. The molecule has 2 aliphatic heterocycles. The maximum Gasteiger partial charge on any atom is 0.242 e. The van der Waals surface area contributed by atoms with Crippen molar-refractivity contribution in [2.24, 2.45) is 0 Å². The van der Waals surface area contributed by atoms with E-state index in [4.69, 9.17) is 0 Å². The summed E-state index contributed by atoms with van der Waals surface area (Å²) in [4.78, 5) is 28.1. The van der Waals surface area contributed by atoms with Gasteiger partial charge < -0.3 is 15.1 Å². The Morgan fingerprint density at radius 3 is 2.53 bits per heavy atom. The lowest BCUT2D eigenvalue weighted by Crippen LogP contribution is -2.47. The molecule has 1 unspecified atom stereocenters. The third kappa shape index (κ3) is 3.93. The van der Waals surface area contributed by atoms with Crippen LogP contribution in [0.15, 0.2) is 0 Å². The normalized spacial score (nSPS) is 25.9. The third-order valence-corrected chi connectivity index (χ3v) is 4.02. The van der Waals surface area contributed by atoms with Crippen molar-refractivity contribution in [3.63, 3.8) is 0 Å². The van der Waals surface area contributed by atoms with Crippen molar-refractivity contribution in [2.45, 2.75) is 45.1 Å².